The van der Waals surface area contributed by atoms with Gasteiger partial charge in [0.1, 0.15) is 0 Å². The van der Waals surface area contributed by atoms with E-state index in [0.717, 1.165) is 0 Å². The van der Waals surface area contributed by atoms with Gasteiger partial charge in [-0.15, -0.1) is 0 Å². The molecule has 0 aromatic heterocycles. The third kappa shape index (κ3) is 171. The molecular formula is Cr2Mn2O5. The van der Waals surface area contributed by atoms with Gasteiger partial charge in [0.05, 0.1) is 0 Å². The Bertz CT molecular complexity index is 12.9. The van der Waals surface area contributed by atoms with Crippen molar-refractivity contribution in [1.82, 2.24) is 0 Å². The van der Waals surface area contributed by atoms with Crippen LogP contribution in [0.1, 0.15) is 0 Å². The van der Waals surface area contributed by atoms with Crippen LogP contribution in [-0.4, -0.2) is 0 Å². The predicted molar refractivity (Wildman–Crippen MR) is 3.43 cm³/mol. The molecule has 0 aliphatic carbocycles. The molecule has 0 aliphatic heterocycles. The second kappa shape index (κ2) is 217. The van der Waals surface area contributed by atoms with E-state index in [2.05, 4.69) is 0 Å². The smallest absolute Gasteiger partial charge is 2.00 e. The molecule has 0 saturated carbocycles. The Hall–Kier alpha value is 1.90. The molecule has 0 atom stereocenters. The molecule has 0 N–H and O–H groups in total. The maximum atomic E-state index is 0. The van der Waals surface area contributed by atoms with Crippen LogP contribution in [0.2, 0.25) is 0 Å². The summed E-state index contributed by atoms with van der Waals surface area (Å²) in [4.78, 5) is 0. The van der Waals surface area contributed by atoms with E-state index in [9.17, 15) is 0 Å². The molecule has 0 aromatic carbocycles. The third-order valence-corrected chi connectivity index (χ3v) is 0. The molecule has 4 radical (unpaired) electrons. The monoisotopic (exact) mass is 294 g/mol. The zero-order valence-corrected chi connectivity index (χ0v) is 8.52. The van der Waals surface area contributed by atoms with Gasteiger partial charge in [-0.05, 0) is 0 Å². The first-order chi connectivity index (χ1) is 0. The van der Waals surface area contributed by atoms with Gasteiger partial charge in [-0.1, -0.05) is 0 Å². The maximum Gasteiger partial charge on any atom is 3.00 e. The van der Waals surface area contributed by atoms with E-state index in [0.29, 0.717) is 0 Å². The van der Waals surface area contributed by atoms with Crippen molar-refractivity contribution in [2.75, 3.05) is 0 Å². The van der Waals surface area contributed by atoms with E-state index < -0.39 is 0 Å². The van der Waals surface area contributed by atoms with Crippen molar-refractivity contribution < 1.29 is 96.2 Å². The van der Waals surface area contributed by atoms with Gasteiger partial charge >= 0.3 is 68.9 Å². The molecule has 5 nitrogen and oxygen atoms in total. The van der Waals surface area contributed by atoms with Gasteiger partial charge < -0.3 is 27.4 Å². The van der Waals surface area contributed by atoms with Gasteiger partial charge in [0.15, 0.2) is 0 Å². The predicted octanol–water partition coefficient (Wildman–Crippen LogP) is -0.604. The second-order valence-electron chi connectivity index (χ2n) is 0. The summed E-state index contributed by atoms with van der Waals surface area (Å²) in [5.74, 6) is 0. The van der Waals surface area contributed by atoms with E-state index in [-0.39, 0.29) is 96.2 Å². The molecule has 0 saturated heterocycles. The van der Waals surface area contributed by atoms with Gasteiger partial charge in [0.25, 0.3) is 0 Å². The summed E-state index contributed by atoms with van der Waals surface area (Å²) in [7, 11) is 0. The summed E-state index contributed by atoms with van der Waals surface area (Å²) in [5.41, 5.74) is 0. The molecule has 9 heteroatoms. The maximum absolute atomic E-state index is 0. The van der Waals surface area contributed by atoms with Crippen molar-refractivity contribution in [1.29, 1.82) is 0 Å². The van der Waals surface area contributed by atoms with Gasteiger partial charge in [-0.25, -0.2) is 0 Å². The number of rotatable bonds is 0. The van der Waals surface area contributed by atoms with Crippen molar-refractivity contribution in [2.24, 2.45) is 0 Å². The Kier molecular flexibility index (Phi) is 7100. The van der Waals surface area contributed by atoms with Crippen LogP contribution in [0.4, 0.5) is 0 Å². The fraction of sp³-hybridized carbons (Fsp3) is 0. The van der Waals surface area contributed by atoms with Crippen molar-refractivity contribution >= 4 is 0 Å². The molecule has 56 valence electrons. The average molecular weight is 294 g/mol. The van der Waals surface area contributed by atoms with Crippen molar-refractivity contribution in [3.63, 3.8) is 0 Å². The van der Waals surface area contributed by atoms with E-state index in [1.807, 2.05) is 0 Å². The average Bonchev–Trinajstić information content (AvgIpc) is 0. The molecule has 0 spiro atoms. The van der Waals surface area contributed by atoms with Gasteiger partial charge in [-0.2, -0.15) is 0 Å². The molecule has 0 aliphatic rings. The standard InChI is InChI=1S/2Cr.2Mn.5O/q2*+3;2*+2;5*-2. The summed E-state index contributed by atoms with van der Waals surface area (Å²) < 4.78 is 0. The molecule has 0 bridgehead atoms. The van der Waals surface area contributed by atoms with Crippen LogP contribution < -0.4 is 0 Å². The normalized spacial score (nSPS) is 0. The first-order valence-corrected chi connectivity index (χ1v) is 0. The van der Waals surface area contributed by atoms with Crippen LogP contribution >= 0.6 is 0 Å². The Morgan fingerprint density at radius 2 is 0.333 bits per heavy atom. The zero-order valence-electron chi connectivity index (χ0n) is 3.61. The summed E-state index contributed by atoms with van der Waals surface area (Å²) in [6, 6.07) is 0. The Balaban J connectivity index is 0. The van der Waals surface area contributed by atoms with Crippen LogP contribution in [0.15, 0.2) is 0 Å². The fourth-order valence-electron chi connectivity index (χ4n) is 0. The molecular weight excluding hydrogens is 294 g/mol. The molecule has 9 heavy (non-hydrogen) atoms. The van der Waals surface area contributed by atoms with Gasteiger partial charge in [0, 0.05) is 0 Å². The van der Waals surface area contributed by atoms with Crippen LogP contribution in [0.25, 0.3) is 0 Å². The van der Waals surface area contributed by atoms with Crippen LogP contribution in [0.5, 0.6) is 0 Å². The zero-order chi connectivity index (χ0) is 0. The van der Waals surface area contributed by atoms with E-state index in [4.69, 9.17) is 0 Å². The second-order valence-corrected chi connectivity index (χ2v) is 0. The Morgan fingerprint density at radius 1 is 0.333 bits per heavy atom. The molecule has 0 rings (SSSR count). The fourth-order valence-corrected chi connectivity index (χ4v) is 0. The topological polar surface area (TPSA) is 142 Å². The van der Waals surface area contributed by atoms with E-state index in [1.165, 1.54) is 0 Å². The number of hydrogen-bond acceptors (Lipinski definition) is 0. The summed E-state index contributed by atoms with van der Waals surface area (Å²) in [6.07, 6.45) is 0. The first-order valence-electron chi connectivity index (χ1n) is 0. The van der Waals surface area contributed by atoms with Crippen molar-refractivity contribution in [2.45, 2.75) is 0 Å². The van der Waals surface area contributed by atoms with Gasteiger partial charge in [-0.3, -0.25) is 0 Å². The van der Waals surface area contributed by atoms with Crippen molar-refractivity contribution in [3.8, 4) is 0 Å². The van der Waals surface area contributed by atoms with Crippen LogP contribution in [-0.2, 0) is 96.2 Å². The minimum Gasteiger partial charge on any atom is -2.00 e. The SMILES string of the molecule is [Cr+3].[Cr+3].[Mn+2].[Mn+2].[O-2].[O-2].[O-2].[O-2].[O-2]. The van der Waals surface area contributed by atoms with E-state index >= 15 is 0 Å². The minimum atomic E-state index is 0. The molecule has 0 fully saturated rings. The van der Waals surface area contributed by atoms with Crippen LogP contribution in [0, 0.1) is 0 Å². The molecule has 0 unspecified atom stereocenters. The minimum absolute atomic E-state index is 0. The first kappa shape index (κ1) is 295. The molecule has 0 heterocycles. The largest absolute Gasteiger partial charge is 3.00 e. The van der Waals surface area contributed by atoms with Crippen LogP contribution in [0.3, 0.4) is 0 Å². The van der Waals surface area contributed by atoms with Gasteiger partial charge in [0.2, 0.25) is 0 Å². The quantitative estimate of drug-likeness (QED) is 0.525. The van der Waals surface area contributed by atoms with Crippen molar-refractivity contribution in [3.05, 3.63) is 0 Å². The summed E-state index contributed by atoms with van der Waals surface area (Å²) in [5, 5.41) is 0. The Morgan fingerprint density at radius 3 is 0.333 bits per heavy atom. The number of hydrogen-bond donors (Lipinski definition) is 0. The molecule has 0 amide bonds. The third-order valence-electron chi connectivity index (χ3n) is 0. The summed E-state index contributed by atoms with van der Waals surface area (Å²) >= 11 is 0. The van der Waals surface area contributed by atoms with E-state index in [1.54, 1.807) is 0 Å². The Labute approximate surface area is 95.7 Å². The summed E-state index contributed by atoms with van der Waals surface area (Å²) in [6.45, 7) is 0. The molecule has 0 aromatic rings.